The first-order chi connectivity index (χ1) is 15.7. The molecule has 0 bridgehead atoms. The Balaban J connectivity index is 1.67. The third kappa shape index (κ3) is 6.77. The number of rotatable bonds is 8. The molecule has 0 aromatic heterocycles. The van der Waals surface area contributed by atoms with Crippen molar-refractivity contribution in [1.29, 1.82) is 0 Å². The fourth-order valence-corrected chi connectivity index (χ4v) is 4.31. The van der Waals surface area contributed by atoms with Crippen LogP contribution in [0.4, 0.5) is 13.2 Å². The molecule has 0 saturated heterocycles. The van der Waals surface area contributed by atoms with Gasteiger partial charge in [-0.05, 0) is 73.0 Å². The summed E-state index contributed by atoms with van der Waals surface area (Å²) < 4.78 is 48.0. The Bertz CT molecular complexity index is 1010. The molecular weight excluding hydrogens is 455 g/mol. The van der Waals surface area contributed by atoms with Crippen molar-refractivity contribution in [1.82, 2.24) is 5.32 Å². The van der Waals surface area contributed by atoms with Crippen molar-refractivity contribution in [2.24, 2.45) is 5.92 Å². The van der Waals surface area contributed by atoms with Gasteiger partial charge in [0.1, 0.15) is 5.75 Å². The number of carbonyl (C=O) groups excluding carboxylic acids is 2. The van der Waals surface area contributed by atoms with E-state index in [1.54, 1.807) is 32.2 Å². The van der Waals surface area contributed by atoms with Gasteiger partial charge in [0.05, 0.1) is 19.6 Å². The van der Waals surface area contributed by atoms with E-state index in [9.17, 15) is 22.8 Å². The first-order valence-electron chi connectivity index (χ1n) is 10.4. The Morgan fingerprint density at radius 2 is 1.88 bits per heavy atom. The van der Waals surface area contributed by atoms with Gasteiger partial charge in [0.2, 0.25) is 0 Å². The van der Waals surface area contributed by atoms with Gasteiger partial charge in [0, 0.05) is 16.5 Å². The summed E-state index contributed by atoms with van der Waals surface area (Å²) in [5.74, 6) is -0.891. The summed E-state index contributed by atoms with van der Waals surface area (Å²) in [6, 6.07) is 12.1. The monoisotopic (exact) mass is 479 g/mol. The molecule has 176 valence electrons. The molecule has 1 amide bonds. The van der Waals surface area contributed by atoms with Crippen LogP contribution in [0.5, 0.6) is 5.75 Å². The second kappa shape index (κ2) is 10.8. The summed E-state index contributed by atoms with van der Waals surface area (Å²) in [6.45, 7) is 1.99. The van der Waals surface area contributed by atoms with Crippen LogP contribution in [0.1, 0.15) is 35.2 Å². The molecule has 0 unspecified atom stereocenters. The Labute approximate surface area is 194 Å². The molecule has 9 heteroatoms. The normalized spacial score (nSPS) is 18.6. The van der Waals surface area contributed by atoms with Crippen molar-refractivity contribution in [3.05, 3.63) is 71.8 Å². The van der Waals surface area contributed by atoms with Crippen molar-refractivity contribution in [3.63, 3.8) is 0 Å². The lowest BCUT2D eigenvalue weighted by Gasteiger charge is -2.23. The Morgan fingerprint density at radius 3 is 2.52 bits per heavy atom. The Kier molecular flexibility index (Phi) is 8.07. The third-order valence-corrected chi connectivity index (χ3v) is 5.94. The number of carbonyl (C=O) groups is 2. The predicted molar refractivity (Wildman–Crippen MR) is 119 cm³/mol. The van der Waals surface area contributed by atoms with Crippen molar-refractivity contribution in [2.45, 2.75) is 35.7 Å². The largest absolute Gasteiger partial charge is 0.497 e. The highest BCUT2D eigenvalue weighted by Gasteiger charge is 2.34. The summed E-state index contributed by atoms with van der Waals surface area (Å²) >= 11 is -0.231. The molecule has 3 atom stereocenters. The van der Waals surface area contributed by atoms with E-state index in [-0.39, 0.29) is 46.8 Å². The number of allylic oxidation sites excluding steroid dienone is 1. The van der Waals surface area contributed by atoms with Crippen LogP contribution in [-0.2, 0) is 9.53 Å². The quantitative estimate of drug-likeness (QED) is 0.315. The van der Waals surface area contributed by atoms with E-state index in [2.05, 4.69) is 5.32 Å². The molecule has 33 heavy (non-hydrogen) atoms. The highest BCUT2D eigenvalue weighted by atomic mass is 32.2. The summed E-state index contributed by atoms with van der Waals surface area (Å²) in [5.41, 5.74) is -3.37. The van der Waals surface area contributed by atoms with Gasteiger partial charge < -0.3 is 14.8 Å². The molecule has 0 fully saturated rings. The molecule has 1 N–H and O–H groups in total. The van der Waals surface area contributed by atoms with Crippen molar-refractivity contribution in [2.75, 3.05) is 13.7 Å². The van der Waals surface area contributed by atoms with Crippen LogP contribution in [0.15, 0.2) is 65.6 Å². The van der Waals surface area contributed by atoms with Gasteiger partial charge >= 0.3 is 11.5 Å². The molecule has 0 radical (unpaired) electrons. The predicted octanol–water partition coefficient (Wildman–Crippen LogP) is 5.33. The summed E-state index contributed by atoms with van der Waals surface area (Å²) in [7, 11) is 1.55. The number of hydrogen-bond acceptors (Lipinski definition) is 5. The molecule has 1 aliphatic rings. The number of esters is 1. The molecule has 1 aliphatic carbocycles. The zero-order chi connectivity index (χ0) is 24.0. The van der Waals surface area contributed by atoms with Gasteiger partial charge in [0.25, 0.3) is 5.91 Å². The molecule has 5 nitrogen and oxygen atoms in total. The smallest absolute Gasteiger partial charge is 0.446 e. The SMILES string of the molecule is CCOC(=O)[C@H](c1cccc(OC)c1)[C@H]1C=C[C@@H](NC(=O)c2ccc(SC(F)(F)F)cc2)C1. The number of methoxy groups -OCH3 is 1. The first-order valence-corrected chi connectivity index (χ1v) is 11.2. The van der Waals surface area contributed by atoms with E-state index >= 15 is 0 Å². The number of benzene rings is 2. The number of nitrogens with one attached hydrogen (secondary N) is 1. The van der Waals surface area contributed by atoms with E-state index in [1.165, 1.54) is 24.3 Å². The van der Waals surface area contributed by atoms with Gasteiger partial charge in [-0.1, -0.05) is 24.3 Å². The molecular formula is C24H24F3NO4S. The average molecular weight is 480 g/mol. The molecule has 2 aromatic rings. The van der Waals surface area contributed by atoms with Crippen LogP contribution in [0.2, 0.25) is 0 Å². The van der Waals surface area contributed by atoms with Gasteiger partial charge in [0.15, 0.2) is 0 Å². The van der Waals surface area contributed by atoms with E-state index in [1.807, 2.05) is 18.2 Å². The minimum atomic E-state index is -4.38. The fourth-order valence-electron chi connectivity index (χ4n) is 3.77. The molecule has 0 spiro atoms. The lowest BCUT2D eigenvalue weighted by Crippen LogP contribution is -2.33. The average Bonchev–Trinajstić information content (AvgIpc) is 3.21. The molecule has 0 aliphatic heterocycles. The van der Waals surface area contributed by atoms with Crippen LogP contribution in [-0.4, -0.2) is 37.1 Å². The second-order valence-corrected chi connectivity index (χ2v) is 8.58. The topological polar surface area (TPSA) is 64.6 Å². The Hall–Kier alpha value is -2.94. The molecule has 0 saturated carbocycles. The van der Waals surface area contributed by atoms with Gasteiger partial charge in [-0.3, -0.25) is 9.59 Å². The van der Waals surface area contributed by atoms with E-state index < -0.39 is 17.3 Å². The summed E-state index contributed by atoms with van der Waals surface area (Å²) in [4.78, 5) is 25.3. The van der Waals surface area contributed by atoms with Crippen LogP contribution in [0, 0.1) is 5.92 Å². The minimum Gasteiger partial charge on any atom is -0.497 e. The summed E-state index contributed by atoms with van der Waals surface area (Å²) in [6.07, 6.45) is 4.19. The maximum Gasteiger partial charge on any atom is 0.446 e. The van der Waals surface area contributed by atoms with Crippen LogP contribution < -0.4 is 10.1 Å². The summed E-state index contributed by atoms with van der Waals surface area (Å²) in [5, 5.41) is 2.86. The van der Waals surface area contributed by atoms with E-state index in [0.717, 1.165) is 5.56 Å². The maximum absolute atomic E-state index is 12.7. The van der Waals surface area contributed by atoms with Crippen LogP contribution in [0.3, 0.4) is 0 Å². The number of thioether (sulfide) groups is 1. The fraction of sp³-hybridized carbons (Fsp3) is 0.333. The van der Waals surface area contributed by atoms with Gasteiger partial charge in [-0.2, -0.15) is 13.2 Å². The highest BCUT2D eigenvalue weighted by Crippen LogP contribution is 2.37. The van der Waals surface area contributed by atoms with Gasteiger partial charge in [-0.15, -0.1) is 0 Å². The zero-order valence-corrected chi connectivity index (χ0v) is 18.9. The van der Waals surface area contributed by atoms with Crippen molar-refractivity contribution >= 4 is 23.6 Å². The van der Waals surface area contributed by atoms with Crippen molar-refractivity contribution in [3.8, 4) is 5.75 Å². The molecule has 3 rings (SSSR count). The lowest BCUT2D eigenvalue weighted by atomic mass is 9.85. The number of alkyl halides is 3. The van der Waals surface area contributed by atoms with E-state index in [0.29, 0.717) is 12.2 Å². The zero-order valence-electron chi connectivity index (χ0n) is 18.1. The number of halogens is 3. The number of ether oxygens (including phenoxy) is 2. The van der Waals surface area contributed by atoms with Crippen molar-refractivity contribution < 1.29 is 32.2 Å². The Morgan fingerprint density at radius 1 is 1.15 bits per heavy atom. The third-order valence-electron chi connectivity index (χ3n) is 5.20. The van der Waals surface area contributed by atoms with Crippen LogP contribution in [0.25, 0.3) is 0 Å². The van der Waals surface area contributed by atoms with Crippen LogP contribution >= 0.6 is 11.8 Å². The number of hydrogen-bond donors (Lipinski definition) is 1. The standard InChI is InChI=1S/C24H24F3NO4S/c1-3-32-23(30)21(16-5-4-6-19(14-16)31-2)17-7-10-18(13-17)28-22(29)15-8-11-20(12-9-15)33-24(25,26)27/h4-12,14,17-18,21H,3,13H2,1-2H3,(H,28,29)/t17-,18+,21+/m0/s1. The van der Waals surface area contributed by atoms with E-state index in [4.69, 9.17) is 9.47 Å². The minimum absolute atomic E-state index is 0.00967. The second-order valence-electron chi connectivity index (χ2n) is 7.44. The maximum atomic E-state index is 12.7. The first kappa shape index (κ1) is 24.7. The molecule has 0 heterocycles. The van der Waals surface area contributed by atoms with Gasteiger partial charge in [-0.25, -0.2) is 0 Å². The number of amides is 1. The molecule has 2 aromatic carbocycles. The highest BCUT2D eigenvalue weighted by molar-refractivity contribution is 8.00. The lowest BCUT2D eigenvalue weighted by molar-refractivity contribution is -0.146.